The second-order valence-electron chi connectivity index (χ2n) is 7.61. The Morgan fingerprint density at radius 1 is 1.30 bits per heavy atom. The number of hydrogen-bond donors (Lipinski definition) is 0. The van der Waals surface area contributed by atoms with E-state index in [-0.39, 0.29) is 17.1 Å². The van der Waals surface area contributed by atoms with Gasteiger partial charge in [0.05, 0.1) is 5.60 Å². The lowest BCUT2D eigenvalue weighted by molar-refractivity contribution is -0.112. The zero-order valence-electron chi connectivity index (χ0n) is 14.8. The summed E-state index contributed by atoms with van der Waals surface area (Å²) < 4.78 is 17.7. The number of para-hydroxylation sites is 2. The van der Waals surface area contributed by atoms with E-state index in [1.807, 2.05) is 31.4 Å². The number of piperidine rings is 1. The standard InChI is InChI=1S/C19H29NO3/c1-18(2,21-4)19(3)10-7-11-20(14-19)12-15-13-22-16-8-5-6-9-17(16)23-15/h5-6,8-9,15H,7,10-14H2,1-4H3. The normalized spacial score (nSPS) is 28.6. The van der Waals surface area contributed by atoms with Crippen LogP contribution in [0.3, 0.4) is 0 Å². The molecule has 2 unspecified atom stereocenters. The monoisotopic (exact) mass is 319 g/mol. The Bertz CT molecular complexity index is 545. The number of rotatable bonds is 4. The summed E-state index contributed by atoms with van der Waals surface area (Å²) in [6.07, 6.45) is 2.50. The van der Waals surface area contributed by atoms with E-state index in [0.29, 0.717) is 6.61 Å². The molecular weight excluding hydrogens is 290 g/mol. The van der Waals surface area contributed by atoms with Gasteiger partial charge >= 0.3 is 0 Å². The van der Waals surface area contributed by atoms with Crippen LogP contribution in [0.4, 0.5) is 0 Å². The summed E-state index contributed by atoms with van der Waals surface area (Å²) in [7, 11) is 1.82. The number of methoxy groups -OCH3 is 1. The minimum Gasteiger partial charge on any atom is -0.486 e. The number of likely N-dealkylation sites (tertiary alicyclic amines) is 1. The number of nitrogens with zero attached hydrogens (tertiary/aromatic N) is 1. The van der Waals surface area contributed by atoms with Crippen molar-refractivity contribution in [1.29, 1.82) is 0 Å². The van der Waals surface area contributed by atoms with Crippen molar-refractivity contribution in [3.8, 4) is 11.5 Å². The van der Waals surface area contributed by atoms with E-state index in [1.54, 1.807) is 0 Å². The molecule has 1 aromatic rings. The van der Waals surface area contributed by atoms with Crippen LogP contribution in [0.15, 0.2) is 24.3 Å². The van der Waals surface area contributed by atoms with Crippen molar-refractivity contribution in [2.75, 3.05) is 33.4 Å². The Balaban J connectivity index is 1.63. The molecule has 0 amide bonds. The predicted octanol–water partition coefficient (Wildman–Crippen LogP) is 3.35. The zero-order valence-corrected chi connectivity index (χ0v) is 14.8. The van der Waals surface area contributed by atoms with Crippen LogP contribution >= 0.6 is 0 Å². The van der Waals surface area contributed by atoms with Crippen LogP contribution in [0.2, 0.25) is 0 Å². The summed E-state index contributed by atoms with van der Waals surface area (Å²) in [6, 6.07) is 7.91. The summed E-state index contributed by atoms with van der Waals surface area (Å²) in [6.45, 7) is 10.4. The highest BCUT2D eigenvalue weighted by atomic mass is 16.6. The quantitative estimate of drug-likeness (QED) is 0.851. The SMILES string of the molecule is COC(C)(C)C1(C)CCCN(CC2COc3ccccc3O2)C1. The van der Waals surface area contributed by atoms with Crippen LogP contribution in [0.25, 0.3) is 0 Å². The fourth-order valence-electron chi connectivity index (χ4n) is 3.68. The minimum absolute atomic E-state index is 0.0953. The van der Waals surface area contributed by atoms with Crippen molar-refractivity contribution in [2.45, 2.75) is 45.3 Å². The van der Waals surface area contributed by atoms with Crippen molar-refractivity contribution >= 4 is 0 Å². The molecule has 4 nitrogen and oxygen atoms in total. The highest BCUT2D eigenvalue weighted by Crippen LogP contribution is 2.41. The summed E-state index contributed by atoms with van der Waals surface area (Å²) >= 11 is 0. The lowest BCUT2D eigenvalue weighted by Gasteiger charge is -2.49. The first-order chi connectivity index (χ1) is 10.9. The maximum absolute atomic E-state index is 6.12. The molecule has 0 saturated carbocycles. The highest BCUT2D eigenvalue weighted by molar-refractivity contribution is 5.40. The van der Waals surface area contributed by atoms with Gasteiger partial charge in [-0.1, -0.05) is 19.1 Å². The topological polar surface area (TPSA) is 30.9 Å². The van der Waals surface area contributed by atoms with Crippen LogP contribution in [0.5, 0.6) is 11.5 Å². The van der Waals surface area contributed by atoms with Gasteiger partial charge in [-0.25, -0.2) is 0 Å². The van der Waals surface area contributed by atoms with Gasteiger partial charge in [0.2, 0.25) is 0 Å². The average Bonchev–Trinajstić information content (AvgIpc) is 2.54. The van der Waals surface area contributed by atoms with Gasteiger partial charge in [-0.3, -0.25) is 4.90 Å². The second-order valence-corrected chi connectivity index (χ2v) is 7.61. The molecule has 0 aliphatic carbocycles. The summed E-state index contributed by atoms with van der Waals surface area (Å²) in [5, 5.41) is 0. The fourth-order valence-corrected chi connectivity index (χ4v) is 3.68. The number of benzene rings is 1. The molecule has 2 atom stereocenters. The molecule has 128 valence electrons. The number of ether oxygens (including phenoxy) is 3. The van der Waals surface area contributed by atoms with E-state index >= 15 is 0 Å². The van der Waals surface area contributed by atoms with Gasteiger partial charge in [0.15, 0.2) is 11.5 Å². The van der Waals surface area contributed by atoms with E-state index in [0.717, 1.165) is 31.1 Å². The van der Waals surface area contributed by atoms with E-state index in [4.69, 9.17) is 14.2 Å². The Kier molecular flexibility index (Phi) is 4.56. The first-order valence-corrected chi connectivity index (χ1v) is 8.59. The molecule has 4 heteroatoms. The van der Waals surface area contributed by atoms with E-state index in [2.05, 4.69) is 25.7 Å². The van der Waals surface area contributed by atoms with Gasteiger partial charge in [-0.2, -0.15) is 0 Å². The molecule has 1 aromatic carbocycles. The van der Waals surface area contributed by atoms with Crippen molar-refractivity contribution in [2.24, 2.45) is 5.41 Å². The Morgan fingerprint density at radius 3 is 2.78 bits per heavy atom. The molecule has 2 heterocycles. The van der Waals surface area contributed by atoms with Gasteiger partial charge in [-0.15, -0.1) is 0 Å². The first kappa shape index (κ1) is 16.6. The summed E-state index contributed by atoms with van der Waals surface area (Å²) in [5.74, 6) is 1.72. The molecule has 2 aliphatic rings. The Labute approximate surface area is 139 Å². The lowest BCUT2D eigenvalue weighted by atomic mass is 9.70. The van der Waals surface area contributed by atoms with Crippen molar-refractivity contribution in [3.05, 3.63) is 24.3 Å². The highest BCUT2D eigenvalue weighted by Gasteiger charge is 2.44. The van der Waals surface area contributed by atoms with Crippen molar-refractivity contribution in [1.82, 2.24) is 4.90 Å². The largest absolute Gasteiger partial charge is 0.486 e. The summed E-state index contributed by atoms with van der Waals surface area (Å²) in [5.41, 5.74) is 0.0373. The van der Waals surface area contributed by atoms with Crippen LogP contribution < -0.4 is 9.47 Å². The number of hydrogen-bond acceptors (Lipinski definition) is 4. The smallest absolute Gasteiger partial charge is 0.161 e. The Hall–Kier alpha value is -1.26. The third-order valence-corrected chi connectivity index (χ3v) is 5.77. The zero-order chi connectivity index (χ0) is 16.5. The van der Waals surface area contributed by atoms with Crippen molar-refractivity contribution in [3.63, 3.8) is 0 Å². The molecule has 0 bridgehead atoms. The molecule has 3 rings (SSSR count). The van der Waals surface area contributed by atoms with Gasteiger partial charge in [0.1, 0.15) is 12.7 Å². The van der Waals surface area contributed by atoms with Gasteiger partial charge < -0.3 is 14.2 Å². The molecule has 1 fully saturated rings. The maximum atomic E-state index is 6.12. The first-order valence-electron chi connectivity index (χ1n) is 8.59. The van der Waals surface area contributed by atoms with Gasteiger partial charge in [0.25, 0.3) is 0 Å². The van der Waals surface area contributed by atoms with Crippen LogP contribution in [0.1, 0.15) is 33.6 Å². The average molecular weight is 319 g/mol. The van der Waals surface area contributed by atoms with Crippen LogP contribution in [-0.2, 0) is 4.74 Å². The maximum Gasteiger partial charge on any atom is 0.161 e. The molecule has 0 spiro atoms. The third kappa shape index (κ3) is 3.33. The summed E-state index contributed by atoms with van der Waals surface area (Å²) in [4.78, 5) is 2.51. The minimum atomic E-state index is -0.123. The van der Waals surface area contributed by atoms with Crippen LogP contribution in [-0.4, -0.2) is 50.0 Å². The van der Waals surface area contributed by atoms with E-state index in [9.17, 15) is 0 Å². The molecule has 0 aromatic heterocycles. The van der Waals surface area contributed by atoms with E-state index < -0.39 is 0 Å². The molecular formula is C19H29NO3. The fraction of sp³-hybridized carbons (Fsp3) is 0.684. The third-order valence-electron chi connectivity index (χ3n) is 5.77. The molecule has 23 heavy (non-hydrogen) atoms. The Morgan fingerprint density at radius 2 is 2.04 bits per heavy atom. The number of fused-ring (bicyclic) bond motifs is 1. The second kappa shape index (κ2) is 6.33. The van der Waals surface area contributed by atoms with E-state index in [1.165, 1.54) is 12.8 Å². The molecule has 2 aliphatic heterocycles. The molecule has 0 radical (unpaired) electrons. The van der Waals surface area contributed by atoms with Crippen LogP contribution in [0, 0.1) is 5.41 Å². The van der Waals surface area contributed by atoms with Gasteiger partial charge in [0, 0.05) is 25.6 Å². The van der Waals surface area contributed by atoms with Gasteiger partial charge in [-0.05, 0) is 45.4 Å². The molecule has 1 saturated heterocycles. The lowest BCUT2D eigenvalue weighted by Crippen LogP contribution is -2.55. The molecule has 0 N–H and O–H groups in total. The van der Waals surface area contributed by atoms with Crippen molar-refractivity contribution < 1.29 is 14.2 Å². The predicted molar refractivity (Wildman–Crippen MR) is 91.2 cm³/mol.